The second kappa shape index (κ2) is 9.04. The van der Waals surface area contributed by atoms with E-state index in [0.717, 1.165) is 17.7 Å². The van der Waals surface area contributed by atoms with Gasteiger partial charge in [-0.3, -0.25) is 4.99 Å². The number of aliphatic imine (C=N–C) groups is 1. The predicted octanol–water partition coefficient (Wildman–Crippen LogP) is 5.32. The van der Waals surface area contributed by atoms with Crippen LogP contribution in [0.25, 0.3) is 0 Å². The average molecular weight is 386 g/mol. The van der Waals surface area contributed by atoms with Crippen molar-refractivity contribution in [3.8, 4) is 0 Å². The first-order chi connectivity index (χ1) is 13.4. The van der Waals surface area contributed by atoms with E-state index in [1.165, 1.54) is 0 Å². The van der Waals surface area contributed by atoms with Crippen molar-refractivity contribution in [2.75, 3.05) is 6.61 Å². The minimum absolute atomic E-state index is 0.0521. The normalized spacial score (nSPS) is 32.6. The van der Waals surface area contributed by atoms with Gasteiger partial charge >= 0.3 is 0 Å². The fourth-order valence-corrected chi connectivity index (χ4v) is 4.10. The molecule has 28 heavy (non-hydrogen) atoms. The zero-order chi connectivity index (χ0) is 20.3. The minimum atomic E-state index is -0.538. The number of hydrogen-bond donors (Lipinski definition) is 1. The summed E-state index contributed by atoms with van der Waals surface area (Å²) in [5, 5.41) is 10.1. The summed E-state index contributed by atoms with van der Waals surface area (Å²) in [6.45, 7) is 8.58. The van der Waals surface area contributed by atoms with Gasteiger partial charge in [0.05, 0.1) is 18.8 Å². The molecular weight excluding hydrogens is 353 g/mol. The van der Waals surface area contributed by atoms with Crippen LogP contribution in [0.1, 0.15) is 40.5 Å². The summed E-state index contributed by atoms with van der Waals surface area (Å²) in [4.78, 5) is 4.74. The molecule has 0 bridgehead atoms. The van der Waals surface area contributed by atoms with Crippen molar-refractivity contribution in [1.82, 2.24) is 0 Å². The van der Waals surface area contributed by atoms with E-state index in [1.807, 2.05) is 44.2 Å². The van der Waals surface area contributed by atoms with Crippen LogP contribution in [0, 0.1) is 23.7 Å². The van der Waals surface area contributed by atoms with Crippen LogP contribution >= 0.6 is 0 Å². The summed E-state index contributed by atoms with van der Waals surface area (Å²) in [6, 6.07) is -0.125. The molecule has 4 heteroatoms. The van der Waals surface area contributed by atoms with Gasteiger partial charge in [0.15, 0.2) is 5.76 Å². The number of hydrogen-bond acceptors (Lipinski definition) is 3. The lowest BCUT2D eigenvalue weighted by Crippen LogP contribution is -2.32. The van der Waals surface area contributed by atoms with Crippen LogP contribution < -0.4 is 0 Å². The number of nitrogens with zero attached hydrogens (tertiary/aromatic N) is 1. The molecule has 0 aromatic carbocycles. The van der Waals surface area contributed by atoms with Crippen LogP contribution in [-0.4, -0.2) is 29.6 Å². The van der Waals surface area contributed by atoms with Gasteiger partial charge in [-0.05, 0) is 43.8 Å². The SMILES string of the molecule is CC1=CC(OCC2C=CC=CC2)=C(F)C(C)C1CC1=NC(C(C)C)C(O)C=C1. The summed E-state index contributed by atoms with van der Waals surface area (Å²) < 4.78 is 20.9. The molecule has 1 aliphatic heterocycles. The third-order valence-corrected chi connectivity index (χ3v) is 5.97. The minimum Gasteiger partial charge on any atom is -0.490 e. The molecule has 5 atom stereocenters. The van der Waals surface area contributed by atoms with E-state index in [4.69, 9.17) is 9.73 Å². The van der Waals surface area contributed by atoms with E-state index >= 15 is 4.39 Å². The molecule has 2 aliphatic carbocycles. The highest BCUT2D eigenvalue weighted by Gasteiger charge is 2.32. The number of aliphatic hydroxyl groups is 1. The quantitative estimate of drug-likeness (QED) is 0.673. The fourth-order valence-electron chi connectivity index (χ4n) is 4.10. The van der Waals surface area contributed by atoms with Crippen LogP contribution in [0.4, 0.5) is 4.39 Å². The molecule has 1 heterocycles. The molecule has 0 radical (unpaired) electrons. The molecule has 0 aromatic rings. The Morgan fingerprint density at radius 1 is 1.29 bits per heavy atom. The van der Waals surface area contributed by atoms with E-state index in [0.29, 0.717) is 24.7 Å². The largest absolute Gasteiger partial charge is 0.490 e. The zero-order valence-corrected chi connectivity index (χ0v) is 17.3. The van der Waals surface area contributed by atoms with E-state index in [-0.39, 0.29) is 29.6 Å². The van der Waals surface area contributed by atoms with E-state index in [9.17, 15) is 5.11 Å². The van der Waals surface area contributed by atoms with E-state index in [2.05, 4.69) is 26.0 Å². The number of aliphatic hydroxyl groups excluding tert-OH is 1. The van der Waals surface area contributed by atoms with Crippen LogP contribution in [0.15, 0.2) is 64.7 Å². The molecule has 3 nitrogen and oxygen atoms in total. The van der Waals surface area contributed by atoms with Crippen LogP contribution in [-0.2, 0) is 4.74 Å². The Morgan fingerprint density at radius 2 is 2.07 bits per heavy atom. The highest BCUT2D eigenvalue weighted by molar-refractivity contribution is 5.96. The predicted molar refractivity (Wildman–Crippen MR) is 113 cm³/mol. The first-order valence-electron chi connectivity index (χ1n) is 10.3. The van der Waals surface area contributed by atoms with Gasteiger partial charge in [-0.1, -0.05) is 56.7 Å². The van der Waals surface area contributed by atoms with Gasteiger partial charge in [0.25, 0.3) is 0 Å². The van der Waals surface area contributed by atoms with Gasteiger partial charge in [0.2, 0.25) is 0 Å². The maximum absolute atomic E-state index is 15.0. The second-order valence-corrected chi connectivity index (χ2v) is 8.52. The second-order valence-electron chi connectivity index (χ2n) is 8.52. The van der Waals surface area contributed by atoms with Crippen molar-refractivity contribution in [2.45, 2.75) is 52.7 Å². The fraction of sp³-hybridized carbons (Fsp3) is 0.542. The Balaban J connectivity index is 1.67. The highest BCUT2D eigenvalue weighted by atomic mass is 19.1. The third kappa shape index (κ3) is 4.72. The lowest BCUT2D eigenvalue weighted by molar-refractivity contribution is 0.167. The van der Waals surface area contributed by atoms with Crippen molar-refractivity contribution < 1.29 is 14.2 Å². The van der Waals surface area contributed by atoms with Crippen molar-refractivity contribution in [2.24, 2.45) is 28.7 Å². The molecule has 3 rings (SSSR count). The van der Waals surface area contributed by atoms with Crippen molar-refractivity contribution in [3.63, 3.8) is 0 Å². The van der Waals surface area contributed by atoms with Crippen molar-refractivity contribution in [3.05, 3.63) is 59.7 Å². The summed E-state index contributed by atoms with van der Waals surface area (Å²) >= 11 is 0. The molecule has 0 spiro atoms. The first kappa shape index (κ1) is 20.8. The molecule has 0 amide bonds. The van der Waals surface area contributed by atoms with Crippen molar-refractivity contribution in [1.29, 1.82) is 0 Å². The number of halogens is 1. The number of dihydropyridines is 1. The Morgan fingerprint density at radius 3 is 2.75 bits per heavy atom. The highest BCUT2D eigenvalue weighted by Crippen LogP contribution is 2.38. The topological polar surface area (TPSA) is 41.8 Å². The summed E-state index contributed by atoms with van der Waals surface area (Å²) in [6.07, 6.45) is 14.9. The van der Waals surface area contributed by atoms with Crippen molar-refractivity contribution >= 4 is 5.71 Å². The maximum atomic E-state index is 15.0. The van der Waals surface area contributed by atoms with Crippen LogP contribution in [0.2, 0.25) is 0 Å². The first-order valence-corrected chi connectivity index (χ1v) is 10.3. The smallest absolute Gasteiger partial charge is 0.150 e. The molecule has 1 N–H and O–H groups in total. The molecular formula is C24H32FNO2. The Labute approximate surface area is 168 Å². The number of allylic oxidation sites excluding steroid dienone is 7. The van der Waals surface area contributed by atoms with Gasteiger partial charge < -0.3 is 9.84 Å². The van der Waals surface area contributed by atoms with E-state index < -0.39 is 6.10 Å². The number of rotatable bonds is 6. The zero-order valence-electron chi connectivity index (χ0n) is 17.3. The molecule has 5 unspecified atom stereocenters. The van der Waals surface area contributed by atoms with Crippen LogP contribution in [0.3, 0.4) is 0 Å². The molecule has 0 saturated carbocycles. The molecule has 0 aromatic heterocycles. The number of ether oxygens (including phenoxy) is 1. The maximum Gasteiger partial charge on any atom is 0.150 e. The Bertz CT molecular complexity index is 757. The molecule has 3 aliphatic rings. The lowest BCUT2D eigenvalue weighted by atomic mass is 9.78. The molecule has 152 valence electrons. The van der Waals surface area contributed by atoms with Crippen LogP contribution in [0.5, 0.6) is 0 Å². The molecule has 0 saturated heterocycles. The summed E-state index contributed by atoms with van der Waals surface area (Å²) in [5.41, 5.74) is 2.05. The lowest BCUT2D eigenvalue weighted by Gasteiger charge is -2.31. The van der Waals surface area contributed by atoms with Gasteiger partial charge in [-0.25, -0.2) is 4.39 Å². The van der Waals surface area contributed by atoms with Gasteiger partial charge in [0, 0.05) is 17.5 Å². The summed E-state index contributed by atoms with van der Waals surface area (Å²) in [7, 11) is 0. The van der Waals surface area contributed by atoms with E-state index in [1.54, 1.807) is 0 Å². The monoisotopic (exact) mass is 385 g/mol. The summed E-state index contributed by atoms with van der Waals surface area (Å²) in [5.74, 6) is 0.565. The van der Waals surface area contributed by atoms with Gasteiger partial charge in [-0.2, -0.15) is 0 Å². The third-order valence-electron chi connectivity index (χ3n) is 5.97. The molecule has 0 fully saturated rings. The Kier molecular flexibility index (Phi) is 6.71. The Hall–Kier alpha value is -1.94. The average Bonchev–Trinajstić information content (AvgIpc) is 2.68. The van der Waals surface area contributed by atoms with Gasteiger partial charge in [0.1, 0.15) is 5.83 Å². The standard InChI is InChI=1S/C24H32FNO2/c1-15(2)24-21(27)11-10-19(26-24)13-20-16(3)12-22(23(25)17(20)4)28-14-18-8-6-5-7-9-18/h5-8,10-12,15,17-18,20-21,24,27H,9,13-14H2,1-4H3. The van der Waals surface area contributed by atoms with Gasteiger partial charge in [-0.15, -0.1) is 0 Å².